The van der Waals surface area contributed by atoms with Gasteiger partial charge in [-0.3, -0.25) is 9.69 Å². The molecule has 0 saturated carbocycles. The fraction of sp³-hybridized carbons (Fsp3) is 0.250. The van der Waals surface area contributed by atoms with Crippen LogP contribution in [0.1, 0.15) is 15.9 Å². The third-order valence-corrected chi connectivity index (χ3v) is 5.35. The zero-order chi connectivity index (χ0) is 22.3. The predicted molar refractivity (Wildman–Crippen MR) is 119 cm³/mol. The highest BCUT2D eigenvalue weighted by Crippen LogP contribution is 2.25. The average Bonchev–Trinajstić information content (AvgIpc) is 2.88. The van der Waals surface area contributed by atoms with Crippen LogP contribution in [-0.2, 0) is 11.3 Å². The number of aliphatic hydroxyl groups is 1. The van der Waals surface area contributed by atoms with Gasteiger partial charge < -0.3 is 14.7 Å². The number of carbonyl (C=O) groups excluding carboxylic acids is 2. The molecular formula is C24H24N4O4. The number of Topliss-reactive ketones (excluding diaryl/α,β-unsaturated/α-hetero) is 1. The molecule has 0 spiro atoms. The fourth-order valence-electron chi connectivity index (χ4n) is 3.55. The van der Waals surface area contributed by atoms with Crippen molar-refractivity contribution in [3.63, 3.8) is 0 Å². The molecular weight excluding hydrogens is 408 g/mol. The van der Waals surface area contributed by atoms with E-state index in [2.05, 4.69) is 9.97 Å². The molecule has 164 valence electrons. The molecule has 1 aliphatic rings. The number of aromatic nitrogens is 2. The van der Waals surface area contributed by atoms with Gasteiger partial charge in [-0.1, -0.05) is 36.4 Å². The molecule has 0 atom stereocenters. The molecule has 32 heavy (non-hydrogen) atoms. The number of hydrogen-bond acceptors (Lipinski definition) is 6. The summed E-state index contributed by atoms with van der Waals surface area (Å²) in [5.41, 5.74) is 3.94. The standard InChI is InChI=1S/C24H24N4O4/c29-16-23(30)20-3-1-18(2-4-20)15-28(24(31)27-9-11-32-12-10-27)22-7-5-19(6-8-22)21-13-25-17-26-14-21/h1-8,13-14,17,29H,9-12,15-16H2. The van der Waals surface area contributed by atoms with Gasteiger partial charge >= 0.3 is 6.03 Å². The maximum Gasteiger partial charge on any atom is 0.324 e. The van der Waals surface area contributed by atoms with E-state index in [1.807, 2.05) is 24.3 Å². The Kier molecular flexibility index (Phi) is 6.84. The summed E-state index contributed by atoms with van der Waals surface area (Å²) in [6.07, 6.45) is 4.97. The monoisotopic (exact) mass is 432 g/mol. The summed E-state index contributed by atoms with van der Waals surface area (Å²) >= 11 is 0. The molecule has 8 nitrogen and oxygen atoms in total. The number of ether oxygens (including phenoxy) is 1. The van der Waals surface area contributed by atoms with E-state index in [0.717, 1.165) is 22.4 Å². The lowest BCUT2D eigenvalue weighted by atomic mass is 10.1. The quantitative estimate of drug-likeness (QED) is 0.602. The smallest absolute Gasteiger partial charge is 0.324 e. The van der Waals surface area contributed by atoms with Gasteiger partial charge in [0.05, 0.1) is 19.8 Å². The summed E-state index contributed by atoms with van der Waals surface area (Å²) in [7, 11) is 0. The highest BCUT2D eigenvalue weighted by molar-refractivity contribution is 5.97. The number of hydrogen-bond donors (Lipinski definition) is 1. The van der Waals surface area contributed by atoms with Crippen LogP contribution in [0.2, 0.25) is 0 Å². The third kappa shape index (κ3) is 4.99. The van der Waals surface area contributed by atoms with Crippen LogP contribution in [0, 0.1) is 0 Å². The third-order valence-electron chi connectivity index (χ3n) is 5.35. The minimum Gasteiger partial charge on any atom is -0.388 e. The average molecular weight is 432 g/mol. The molecule has 2 aromatic carbocycles. The number of aliphatic hydroxyl groups excluding tert-OH is 1. The Hall–Kier alpha value is -3.62. The van der Waals surface area contributed by atoms with Crippen molar-refractivity contribution in [3.8, 4) is 11.1 Å². The van der Waals surface area contributed by atoms with Crippen molar-refractivity contribution in [2.24, 2.45) is 0 Å². The molecule has 0 unspecified atom stereocenters. The number of ketones is 1. The number of amides is 2. The second kappa shape index (κ2) is 10.1. The number of carbonyl (C=O) groups is 2. The molecule has 4 rings (SSSR count). The second-order valence-corrected chi connectivity index (χ2v) is 7.42. The van der Waals surface area contributed by atoms with E-state index in [4.69, 9.17) is 9.84 Å². The molecule has 8 heteroatoms. The molecule has 0 aliphatic carbocycles. The first kappa shape index (κ1) is 21.6. The molecule has 1 aromatic heterocycles. The largest absolute Gasteiger partial charge is 0.388 e. The highest BCUT2D eigenvalue weighted by atomic mass is 16.5. The van der Waals surface area contributed by atoms with E-state index >= 15 is 0 Å². The molecule has 1 fully saturated rings. The lowest BCUT2D eigenvalue weighted by Gasteiger charge is -2.33. The van der Waals surface area contributed by atoms with E-state index in [1.165, 1.54) is 6.33 Å². The Balaban J connectivity index is 1.60. The van der Waals surface area contributed by atoms with Crippen molar-refractivity contribution in [1.82, 2.24) is 14.9 Å². The minimum absolute atomic E-state index is 0.0976. The molecule has 2 amide bonds. The van der Waals surface area contributed by atoms with Gasteiger partial charge in [-0.25, -0.2) is 14.8 Å². The molecule has 1 N–H and O–H groups in total. The maximum absolute atomic E-state index is 13.4. The van der Waals surface area contributed by atoms with Crippen molar-refractivity contribution in [2.45, 2.75) is 6.54 Å². The highest BCUT2D eigenvalue weighted by Gasteiger charge is 2.24. The van der Waals surface area contributed by atoms with Gasteiger partial charge in [-0.2, -0.15) is 0 Å². The van der Waals surface area contributed by atoms with Gasteiger partial charge in [0, 0.05) is 42.3 Å². The SMILES string of the molecule is O=C(CO)c1ccc(CN(C(=O)N2CCOCC2)c2ccc(-c3cncnc3)cc2)cc1. The molecule has 0 radical (unpaired) electrons. The van der Waals surface area contributed by atoms with Gasteiger partial charge in [-0.05, 0) is 23.3 Å². The predicted octanol–water partition coefficient (Wildman–Crippen LogP) is 2.78. The minimum atomic E-state index is -0.528. The summed E-state index contributed by atoms with van der Waals surface area (Å²) in [6.45, 7) is 1.93. The van der Waals surface area contributed by atoms with Crippen LogP contribution < -0.4 is 4.90 Å². The van der Waals surface area contributed by atoms with Crippen LogP contribution in [0.5, 0.6) is 0 Å². The zero-order valence-electron chi connectivity index (χ0n) is 17.6. The van der Waals surface area contributed by atoms with Gasteiger partial charge in [0.1, 0.15) is 12.9 Å². The van der Waals surface area contributed by atoms with Crippen molar-refractivity contribution < 1.29 is 19.4 Å². The van der Waals surface area contributed by atoms with Crippen molar-refractivity contribution in [2.75, 3.05) is 37.8 Å². The number of urea groups is 1. The first-order valence-corrected chi connectivity index (χ1v) is 10.4. The summed E-state index contributed by atoms with van der Waals surface area (Å²) < 4.78 is 5.39. The van der Waals surface area contributed by atoms with Crippen LogP contribution in [0.25, 0.3) is 11.1 Å². The number of rotatable bonds is 6. The fourth-order valence-corrected chi connectivity index (χ4v) is 3.55. The van der Waals surface area contributed by atoms with Crippen molar-refractivity contribution >= 4 is 17.5 Å². The van der Waals surface area contributed by atoms with Crippen LogP contribution in [-0.4, -0.2) is 64.7 Å². The Morgan fingerprint density at radius 2 is 1.59 bits per heavy atom. The normalized spacial score (nSPS) is 13.6. The molecule has 1 aliphatic heterocycles. The van der Waals surface area contributed by atoms with E-state index in [1.54, 1.807) is 46.5 Å². The van der Waals surface area contributed by atoms with Crippen molar-refractivity contribution in [1.29, 1.82) is 0 Å². The Morgan fingerprint density at radius 1 is 0.938 bits per heavy atom. The first-order valence-electron chi connectivity index (χ1n) is 10.4. The van der Waals surface area contributed by atoms with E-state index < -0.39 is 6.61 Å². The topological polar surface area (TPSA) is 95.9 Å². The lowest BCUT2D eigenvalue weighted by molar-refractivity contribution is 0.0548. The van der Waals surface area contributed by atoms with E-state index in [-0.39, 0.29) is 11.8 Å². The molecule has 0 bridgehead atoms. The van der Waals surface area contributed by atoms with Gasteiger partial charge in [0.2, 0.25) is 0 Å². The van der Waals surface area contributed by atoms with Gasteiger partial charge in [0.25, 0.3) is 0 Å². The van der Waals surface area contributed by atoms with Gasteiger partial charge in [0.15, 0.2) is 5.78 Å². The molecule has 1 saturated heterocycles. The maximum atomic E-state index is 13.4. The number of anilines is 1. The Morgan fingerprint density at radius 3 is 2.22 bits per heavy atom. The molecule has 2 heterocycles. The summed E-state index contributed by atoms with van der Waals surface area (Å²) in [5, 5.41) is 9.05. The van der Waals surface area contributed by atoms with Crippen LogP contribution in [0.15, 0.2) is 67.3 Å². The van der Waals surface area contributed by atoms with Gasteiger partial charge in [-0.15, -0.1) is 0 Å². The van der Waals surface area contributed by atoms with Crippen LogP contribution in [0.3, 0.4) is 0 Å². The van der Waals surface area contributed by atoms with E-state index in [0.29, 0.717) is 38.4 Å². The lowest BCUT2D eigenvalue weighted by Crippen LogP contribution is -2.48. The summed E-state index contributed by atoms with van der Waals surface area (Å²) in [4.78, 5) is 36.7. The number of nitrogens with zero attached hydrogens (tertiary/aromatic N) is 4. The zero-order valence-corrected chi connectivity index (χ0v) is 17.6. The second-order valence-electron chi connectivity index (χ2n) is 7.42. The number of benzene rings is 2. The van der Waals surface area contributed by atoms with Crippen LogP contribution >= 0.6 is 0 Å². The van der Waals surface area contributed by atoms with Crippen molar-refractivity contribution in [3.05, 3.63) is 78.4 Å². The Bertz CT molecular complexity index is 1050. The summed E-state index contributed by atoms with van der Waals surface area (Å²) in [5.74, 6) is -0.335. The first-order chi connectivity index (χ1) is 15.7. The molecule has 3 aromatic rings. The summed E-state index contributed by atoms with van der Waals surface area (Å²) in [6, 6.07) is 14.5. The number of morpholine rings is 1. The van der Waals surface area contributed by atoms with E-state index in [9.17, 15) is 9.59 Å². The van der Waals surface area contributed by atoms with Crippen LogP contribution in [0.4, 0.5) is 10.5 Å². The Labute approximate surface area is 186 Å².